The first-order valence-electron chi connectivity index (χ1n) is 11.5. The summed E-state index contributed by atoms with van der Waals surface area (Å²) in [6, 6.07) is 16.8. The molecule has 0 saturated carbocycles. The molecule has 1 unspecified atom stereocenters. The first kappa shape index (κ1) is 22.1. The lowest BCUT2D eigenvalue weighted by Gasteiger charge is -2.25. The quantitative estimate of drug-likeness (QED) is 0.365. The van der Waals surface area contributed by atoms with Gasteiger partial charge >= 0.3 is 0 Å². The molecule has 5 heteroatoms. The van der Waals surface area contributed by atoms with Crippen LogP contribution in [-0.2, 0) is 5.41 Å². The molecule has 2 aromatic carbocycles. The van der Waals surface area contributed by atoms with Gasteiger partial charge < -0.3 is 4.42 Å². The molecule has 0 saturated heterocycles. The first-order valence-corrected chi connectivity index (χ1v) is 11.5. The van der Waals surface area contributed by atoms with Gasteiger partial charge in [0.15, 0.2) is 5.43 Å². The Labute approximate surface area is 199 Å². The minimum absolute atomic E-state index is 0.00959. The third-order valence-electron chi connectivity index (χ3n) is 6.70. The Kier molecular flexibility index (Phi) is 4.97. The van der Waals surface area contributed by atoms with Gasteiger partial charge in [-0.05, 0) is 72.7 Å². The van der Waals surface area contributed by atoms with Crippen molar-refractivity contribution in [1.82, 2.24) is 4.98 Å². The molecular formula is C29H28N2O3. The van der Waals surface area contributed by atoms with Crippen LogP contribution in [0.4, 0.5) is 5.82 Å². The van der Waals surface area contributed by atoms with Crippen molar-refractivity contribution >= 4 is 22.7 Å². The highest BCUT2D eigenvalue weighted by molar-refractivity contribution is 6.10. The Hall–Kier alpha value is -3.73. The van der Waals surface area contributed by atoms with Crippen LogP contribution in [0.2, 0.25) is 0 Å². The number of fused-ring (bicyclic) bond motifs is 2. The van der Waals surface area contributed by atoms with Crippen molar-refractivity contribution in [2.75, 3.05) is 4.90 Å². The minimum atomic E-state index is -0.618. The molecule has 0 N–H and O–H groups in total. The molecule has 0 spiro atoms. The maximum absolute atomic E-state index is 13.8. The Morgan fingerprint density at radius 2 is 1.59 bits per heavy atom. The van der Waals surface area contributed by atoms with Gasteiger partial charge in [-0.2, -0.15) is 0 Å². The summed E-state index contributed by atoms with van der Waals surface area (Å²) in [4.78, 5) is 33.7. The summed E-state index contributed by atoms with van der Waals surface area (Å²) in [7, 11) is 0. The molecule has 0 aliphatic carbocycles. The Balaban J connectivity index is 1.79. The third kappa shape index (κ3) is 3.43. The van der Waals surface area contributed by atoms with E-state index in [1.54, 1.807) is 11.0 Å². The second kappa shape index (κ2) is 7.66. The second-order valence-electron chi connectivity index (χ2n) is 10.2. The van der Waals surface area contributed by atoms with Crippen molar-refractivity contribution in [2.24, 2.45) is 0 Å². The Bertz CT molecular complexity index is 1510. The molecule has 0 radical (unpaired) electrons. The summed E-state index contributed by atoms with van der Waals surface area (Å²) < 4.78 is 6.13. The lowest BCUT2D eigenvalue weighted by molar-refractivity contribution is 0.0970. The number of nitrogens with zero attached hydrogens (tertiary/aromatic N) is 2. The molecule has 5 nitrogen and oxygen atoms in total. The Morgan fingerprint density at radius 1 is 0.912 bits per heavy atom. The summed E-state index contributed by atoms with van der Waals surface area (Å²) in [5.41, 5.74) is 5.45. The van der Waals surface area contributed by atoms with Crippen LogP contribution in [-0.4, -0.2) is 10.9 Å². The zero-order chi connectivity index (χ0) is 24.4. The monoisotopic (exact) mass is 452 g/mol. The van der Waals surface area contributed by atoms with Crippen LogP contribution in [0.5, 0.6) is 0 Å². The van der Waals surface area contributed by atoms with E-state index in [-0.39, 0.29) is 22.5 Å². The molecule has 5 rings (SSSR count). The molecule has 1 aliphatic heterocycles. The summed E-state index contributed by atoms with van der Waals surface area (Å²) in [6.07, 6.45) is 0. The van der Waals surface area contributed by atoms with Gasteiger partial charge in [0.2, 0.25) is 5.76 Å². The van der Waals surface area contributed by atoms with Crippen LogP contribution in [0, 0.1) is 20.8 Å². The van der Waals surface area contributed by atoms with E-state index < -0.39 is 6.04 Å². The van der Waals surface area contributed by atoms with Crippen LogP contribution in [0.15, 0.2) is 63.8 Å². The van der Waals surface area contributed by atoms with Gasteiger partial charge in [0, 0.05) is 5.69 Å². The highest BCUT2D eigenvalue weighted by Gasteiger charge is 2.44. The molecule has 2 aromatic heterocycles. The number of hydrogen-bond donors (Lipinski definition) is 0. The lowest BCUT2D eigenvalue weighted by Crippen LogP contribution is -2.30. The number of carbonyl (C=O) groups is 1. The molecule has 34 heavy (non-hydrogen) atoms. The van der Waals surface area contributed by atoms with Gasteiger partial charge in [-0.15, -0.1) is 0 Å². The number of carbonyl (C=O) groups excluding carboxylic acids is 1. The number of aryl methyl sites for hydroxylation is 3. The predicted molar refractivity (Wildman–Crippen MR) is 135 cm³/mol. The highest BCUT2D eigenvalue weighted by atomic mass is 16.3. The number of aromatic nitrogens is 1. The average Bonchev–Trinajstić information content (AvgIpc) is 3.07. The molecule has 1 atom stereocenters. The topological polar surface area (TPSA) is 63.4 Å². The van der Waals surface area contributed by atoms with Gasteiger partial charge in [-0.1, -0.05) is 51.1 Å². The van der Waals surface area contributed by atoms with E-state index in [0.29, 0.717) is 22.4 Å². The third-order valence-corrected chi connectivity index (χ3v) is 6.70. The number of anilines is 1. The normalized spacial score (nSPS) is 15.8. The standard InChI is InChI=1S/C29H28N2O3/c1-16-14-21-22(15-17(16)2)34-27-24(26(21)32)25(19-10-12-20(13-11-19)29(4,5)6)31(28(27)33)23-9-7-8-18(3)30-23/h7-15,25H,1-6H3. The maximum Gasteiger partial charge on any atom is 0.296 e. The van der Waals surface area contributed by atoms with Crippen molar-refractivity contribution in [3.8, 4) is 0 Å². The molecule has 172 valence electrons. The molecule has 1 amide bonds. The van der Waals surface area contributed by atoms with E-state index in [0.717, 1.165) is 22.4 Å². The average molecular weight is 453 g/mol. The summed E-state index contributed by atoms with van der Waals surface area (Å²) in [5, 5.41) is 0.491. The SMILES string of the molecule is Cc1cccc(N2C(=O)c3oc4cc(C)c(C)cc4c(=O)c3C2c2ccc(C(C)(C)C)cc2)n1. The molecule has 1 aliphatic rings. The molecule has 0 bridgehead atoms. The molecular weight excluding hydrogens is 424 g/mol. The van der Waals surface area contributed by atoms with Crippen molar-refractivity contribution in [2.45, 2.75) is 53.0 Å². The fourth-order valence-corrected chi connectivity index (χ4v) is 4.61. The largest absolute Gasteiger partial charge is 0.450 e. The number of benzene rings is 2. The van der Waals surface area contributed by atoms with E-state index in [1.165, 1.54) is 5.56 Å². The summed E-state index contributed by atoms with van der Waals surface area (Å²) in [6.45, 7) is 12.3. The summed E-state index contributed by atoms with van der Waals surface area (Å²) >= 11 is 0. The van der Waals surface area contributed by atoms with Crippen LogP contribution in [0.3, 0.4) is 0 Å². The van der Waals surface area contributed by atoms with Crippen LogP contribution < -0.4 is 10.3 Å². The lowest BCUT2D eigenvalue weighted by atomic mass is 9.86. The van der Waals surface area contributed by atoms with Gasteiger partial charge in [-0.25, -0.2) is 4.98 Å². The number of pyridine rings is 1. The van der Waals surface area contributed by atoms with E-state index in [2.05, 4.69) is 37.9 Å². The van der Waals surface area contributed by atoms with Gasteiger partial charge in [0.25, 0.3) is 5.91 Å². The van der Waals surface area contributed by atoms with E-state index >= 15 is 0 Å². The molecule has 3 heterocycles. The zero-order valence-corrected chi connectivity index (χ0v) is 20.4. The van der Waals surface area contributed by atoms with Gasteiger partial charge in [0.05, 0.1) is 17.0 Å². The van der Waals surface area contributed by atoms with Crippen molar-refractivity contribution < 1.29 is 9.21 Å². The van der Waals surface area contributed by atoms with Gasteiger partial charge in [-0.3, -0.25) is 14.5 Å². The molecule has 4 aromatic rings. The van der Waals surface area contributed by atoms with Crippen LogP contribution in [0.1, 0.15) is 70.9 Å². The van der Waals surface area contributed by atoms with E-state index in [9.17, 15) is 9.59 Å². The van der Waals surface area contributed by atoms with Crippen LogP contribution in [0.25, 0.3) is 11.0 Å². The smallest absolute Gasteiger partial charge is 0.296 e. The number of amides is 1. The van der Waals surface area contributed by atoms with E-state index in [4.69, 9.17) is 4.42 Å². The highest BCUT2D eigenvalue weighted by Crippen LogP contribution is 2.41. The summed E-state index contributed by atoms with van der Waals surface area (Å²) in [5.74, 6) is 0.237. The fraction of sp³-hybridized carbons (Fsp3) is 0.276. The van der Waals surface area contributed by atoms with Crippen molar-refractivity contribution in [3.05, 3.63) is 104 Å². The van der Waals surface area contributed by atoms with Gasteiger partial charge in [0.1, 0.15) is 11.4 Å². The molecule has 0 fully saturated rings. The Morgan fingerprint density at radius 3 is 2.24 bits per heavy atom. The van der Waals surface area contributed by atoms with Crippen LogP contribution >= 0.6 is 0 Å². The predicted octanol–water partition coefficient (Wildman–Crippen LogP) is 6.16. The fourth-order valence-electron chi connectivity index (χ4n) is 4.61. The number of rotatable bonds is 2. The maximum atomic E-state index is 13.8. The zero-order valence-electron chi connectivity index (χ0n) is 20.4. The second-order valence-corrected chi connectivity index (χ2v) is 10.2. The van der Waals surface area contributed by atoms with Crippen molar-refractivity contribution in [1.29, 1.82) is 0 Å². The minimum Gasteiger partial charge on any atom is -0.450 e. The van der Waals surface area contributed by atoms with Crippen molar-refractivity contribution in [3.63, 3.8) is 0 Å². The first-order chi connectivity index (χ1) is 16.1. The number of hydrogen-bond acceptors (Lipinski definition) is 4. The van der Waals surface area contributed by atoms with E-state index in [1.807, 2.05) is 57.2 Å².